The molecule has 2 aromatic heterocycles. The van der Waals surface area contributed by atoms with E-state index in [0.717, 1.165) is 34.9 Å². The van der Waals surface area contributed by atoms with Gasteiger partial charge in [0.1, 0.15) is 5.69 Å². The van der Waals surface area contributed by atoms with Crippen molar-refractivity contribution in [1.82, 2.24) is 14.5 Å². The first kappa shape index (κ1) is 27.0. The number of para-hydroxylation sites is 1. The van der Waals surface area contributed by atoms with Crippen LogP contribution in [0.5, 0.6) is 11.8 Å². The van der Waals surface area contributed by atoms with Crippen LogP contribution in [0.3, 0.4) is 0 Å². The number of halogens is 1. The zero-order chi connectivity index (χ0) is 25.3. The molecule has 1 aliphatic heterocycles. The van der Waals surface area contributed by atoms with Crippen molar-refractivity contribution in [3.05, 3.63) is 54.6 Å². The molecule has 5 rings (SSSR count). The second kappa shape index (κ2) is 11.1. The second-order valence-electron chi connectivity index (χ2n) is 8.67. The first-order valence-corrected chi connectivity index (χ1v) is 13.3. The maximum Gasteiger partial charge on any atom is 0.264 e. The normalized spacial score (nSPS) is 14.5. The van der Waals surface area contributed by atoms with Crippen molar-refractivity contribution >= 4 is 49.9 Å². The molecule has 0 atom stereocenters. The molecule has 0 N–H and O–H groups in total. The summed E-state index contributed by atoms with van der Waals surface area (Å²) in [6, 6.07) is 16.6. The zero-order valence-electron chi connectivity index (χ0n) is 21.1. The van der Waals surface area contributed by atoms with E-state index in [1.807, 2.05) is 37.4 Å². The van der Waals surface area contributed by atoms with Gasteiger partial charge in [0, 0.05) is 61.1 Å². The highest BCUT2D eigenvalue weighted by atomic mass is 35.5. The van der Waals surface area contributed by atoms with Gasteiger partial charge in [-0.05, 0) is 30.3 Å². The zero-order valence-corrected chi connectivity index (χ0v) is 22.7. The van der Waals surface area contributed by atoms with Crippen LogP contribution in [0.2, 0.25) is 0 Å². The summed E-state index contributed by atoms with van der Waals surface area (Å²) >= 11 is 0. The van der Waals surface area contributed by atoms with Crippen molar-refractivity contribution in [3.63, 3.8) is 0 Å². The number of aryl methyl sites for hydroxylation is 1. The minimum atomic E-state index is -3.95. The number of rotatable bonds is 8. The summed E-state index contributed by atoms with van der Waals surface area (Å²) in [6.07, 6.45) is 0. The first-order chi connectivity index (χ1) is 17.4. The third-order valence-electron chi connectivity index (χ3n) is 6.68. The van der Waals surface area contributed by atoms with Gasteiger partial charge in [0.05, 0.1) is 32.3 Å². The van der Waals surface area contributed by atoms with Crippen molar-refractivity contribution in [2.24, 2.45) is 7.05 Å². The van der Waals surface area contributed by atoms with E-state index in [1.54, 1.807) is 24.3 Å². The molecule has 0 amide bonds. The van der Waals surface area contributed by atoms with Gasteiger partial charge in [-0.15, -0.1) is 12.4 Å². The van der Waals surface area contributed by atoms with Crippen molar-refractivity contribution in [1.29, 1.82) is 0 Å². The summed E-state index contributed by atoms with van der Waals surface area (Å²) < 4.78 is 48.0. The fraction of sp³-hybridized carbons (Fsp3) is 0.346. The van der Waals surface area contributed by atoms with Crippen molar-refractivity contribution in [2.45, 2.75) is 4.90 Å². The van der Waals surface area contributed by atoms with E-state index >= 15 is 0 Å². The number of sulfonamides is 1. The SMILES string of the molecule is COc1ccc(N(CCN2CCOCC2)S(=O)(=O)c2ccc3c(c2)c2ccccc2n3C)c(OC)n1.Cl. The minimum absolute atomic E-state index is 0. The maximum absolute atomic E-state index is 14.2. The average molecular weight is 547 g/mol. The Morgan fingerprint density at radius 3 is 2.43 bits per heavy atom. The van der Waals surface area contributed by atoms with E-state index in [0.29, 0.717) is 31.3 Å². The van der Waals surface area contributed by atoms with Gasteiger partial charge in [-0.2, -0.15) is 4.98 Å². The summed E-state index contributed by atoms with van der Waals surface area (Å²) in [5, 5.41) is 1.90. The van der Waals surface area contributed by atoms with E-state index in [2.05, 4.69) is 14.5 Å². The van der Waals surface area contributed by atoms with E-state index in [9.17, 15) is 8.42 Å². The van der Waals surface area contributed by atoms with Gasteiger partial charge in [0.2, 0.25) is 11.8 Å². The molecule has 0 aliphatic carbocycles. The molecule has 0 radical (unpaired) electrons. The largest absolute Gasteiger partial charge is 0.481 e. The number of methoxy groups -OCH3 is 2. The maximum atomic E-state index is 14.2. The van der Waals surface area contributed by atoms with E-state index in [4.69, 9.17) is 14.2 Å². The number of hydrogen-bond donors (Lipinski definition) is 0. The molecular weight excluding hydrogens is 516 g/mol. The number of benzene rings is 2. The summed E-state index contributed by atoms with van der Waals surface area (Å²) in [5.41, 5.74) is 2.38. The number of aromatic nitrogens is 2. The molecule has 11 heteroatoms. The van der Waals surface area contributed by atoms with Crippen LogP contribution in [0.15, 0.2) is 59.5 Å². The fourth-order valence-electron chi connectivity index (χ4n) is 4.73. The lowest BCUT2D eigenvalue weighted by molar-refractivity contribution is 0.0395. The number of nitrogens with zero attached hydrogens (tertiary/aromatic N) is 4. The van der Waals surface area contributed by atoms with Crippen LogP contribution in [-0.4, -0.2) is 76.5 Å². The van der Waals surface area contributed by atoms with Gasteiger partial charge in [0.15, 0.2) is 0 Å². The molecule has 198 valence electrons. The molecule has 37 heavy (non-hydrogen) atoms. The highest BCUT2D eigenvalue weighted by Crippen LogP contribution is 2.35. The standard InChI is InChI=1S/C26H30N4O5S.ClH/c1-28-22-7-5-4-6-20(22)21-18-19(8-9-23(21)28)36(31,32)30(13-12-29-14-16-35-17-15-29)24-10-11-25(33-2)27-26(24)34-3;/h4-11,18H,12-17H2,1-3H3;1H. The highest BCUT2D eigenvalue weighted by molar-refractivity contribution is 7.92. The molecular formula is C26H31ClN4O5S. The van der Waals surface area contributed by atoms with Crippen molar-refractivity contribution < 1.29 is 22.6 Å². The molecule has 1 fully saturated rings. The molecule has 0 unspecified atom stereocenters. The number of morpholine rings is 1. The van der Waals surface area contributed by atoms with Gasteiger partial charge in [-0.1, -0.05) is 18.2 Å². The topological polar surface area (TPSA) is 86.1 Å². The van der Waals surface area contributed by atoms with Crippen molar-refractivity contribution in [2.75, 3.05) is 57.9 Å². The quantitative estimate of drug-likeness (QED) is 0.333. The van der Waals surface area contributed by atoms with E-state index in [1.165, 1.54) is 18.5 Å². The molecule has 9 nitrogen and oxygen atoms in total. The molecule has 3 heterocycles. The van der Waals surface area contributed by atoms with E-state index < -0.39 is 10.0 Å². The Balaban J connectivity index is 0.00000320. The second-order valence-corrected chi connectivity index (χ2v) is 10.5. The van der Waals surface area contributed by atoms with Crippen LogP contribution >= 0.6 is 12.4 Å². The summed E-state index contributed by atoms with van der Waals surface area (Å²) in [5.74, 6) is 0.532. The Hall–Kier alpha value is -3.05. The molecule has 2 aromatic carbocycles. The Morgan fingerprint density at radius 2 is 1.70 bits per heavy atom. The Kier molecular flexibility index (Phi) is 8.13. The molecule has 4 aromatic rings. The third-order valence-corrected chi connectivity index (χ3v) is 8.49. The summed E-state index contributed by atoms with van der Waals surface area (Å²) in [6.45, 7) is 3.58. The highest BCUT2D eigenvalue weighted by Gasteiger charge is 2.30. The van der Waals surface area contributed by atoms with Crippen LogP contribution in [0.1, 0.15) is 0 Å². The lowest BCUT2D eigenvalue weighted by atomic mass is 10.1. The van der Waals surface area contributed by atoms with Gasteiger partial charge in [-0.3, -0.25) is 9.21 Å². The predicted octanol–water partition coefficient (Wildman–Crippen LogP) is 3.69. The predicted molar refractivity (Wildman–Crippen MR) is 147 cm³/mol. The monoisotopic (exact) mass is 546 g/mol. The van der Waals surface area contributed by atoms with Gasteiger partial charge in [0.25, 0.3) is 10.0 Å². The van der Waals surface area contributed by atoms with Gasteiger partial charge >= 0.3 is 0 Å². The number of ether oxygens (including phenoxy) is 3. The number of hydrogen-bond acceptors (Lipinski definition) is 7. The number of anilines is 1. The lowest BCUT2D eigenvalue weighted by Gasteiger charge is -2.31. The first-order valence-electron chi connectivity index (χ1n) is 11.8. The fourth-order valence-corrected chi connectivity index (χ4v) is 6.21. The smallest absolute Gasteiger partial charge is 0.264 e. The Morgan fingerprint density at radius 1 is 0.973 bits per heavy atom. The molecule has 0 bridgehead atoms. The van der Waals surface area contributed by atoms with Crippen LogP contribution in [-0.2, 0) is 21.8 Å². The molecule has 0 saturated carbocycles. The molecule has 1 saturated heterocycles. The lowest BCUT2D eigenvalue weighted by Crippen LogP contribution is -2.43. The summed E-state index contributed by atoms with van der Waals surface area (Å²) in [7, 11) is 1.02. The molecule has 1 aliphatic rings. The van der Waals surface area contributed by atoms with Crippen LogP contribution in [0, 0.1) is 0 Å². The Labute approximate surface area is 223 Å². The van der Waals surface area contributed by atoms with E-state index in [-0.39, 0.29) is 29.7 Å². The Bertz CT molecular complexity index is 1500. The minimum Gasteiger partial charge on any atom is -0.481 e. The number of pyridine rings is 1. The summed E-state index contributed by atoms with van der Waals surface area (Å²) in [4.78, 5) is 6.75. The van der Waals surface area contributed by atoms with Crippen LogP contribution in [0.4, 0.5) is 5.69 Å². The van der Waals surface area contributed by atoms with Gasteiger partial charge in [-0.25, -0.2) is 8.42 Å². The van der Waals surface area contributed by atoms with Crippen LogP contribution < -0.4 is 13.8 Å². The molecule has 0 spiro atoms. The van der Waals surface area contributed by atoms with Gasteiger partial charge < -0.3 is 18.8 Å². The third kappa shape index (κ3) is 5.06. The van der Waals surface area contributed by atoms with Crippen molar-refractivity contribution in [3.8, 4) is 11.8 Å². The number of fused-ring (bicyclic) bond motifs is 3. The van der Waals surface area contributed by atoms with Crippen LogP contribution in [0.25, 0.3) is 21.8 Å². The average Bonchev–Trinajstić information content (AvgIpc) is 3.20.